The van der Waals surface area contributed by atoms with Crippen LogP contribution < -0.4 is 0 Å². The Kier molecular flexibility index (Phi) is 5.07. The lowest BCUT2D eigenvalue weighted by Gasteiger charge is -2.27. The van der Waals surface area contributed by atoms with Gasteiger partial charge in [-0.3, -0.25) is 4.79 Å². The monoisotopic (exact) mass is 510 g/mol. The first-order valence-corrected chi connectivity index (χ1v) is 11.9. The maximum absolute atomic E-state index is 13.6. The number of hydrogen-bond donors (Lipinski definition) is 1. The van der Waals surface area contributed by atoms with Crippen LogP contribution in [0.25, 0.3) is 22.2 Å². The zero-order valence-electron chi connectivity index (χ0n) is 18.1. The van der Waals surface area contributed by atoms with Crippen LogP contribution in [0.5, 0.6) is 0 Å². The highest BCUT2D eigenvalue weighted by Crippen LogP contribution is 2.46. The van der Waals surface area contributed by atoms with Gasteiger partial charge >= 0.3 is 0 Å². The maximum atomic E-state index is 13.6. The third-order valence-corrected chi connectivity index (χ3v) is 7.01. The third-order valence-electron chi connectivity index (χ3n) is 6.48. The van der Waals surface area contributed by atoms with E-state index in [4.69, 9.17) is 0 Å². The molecule has 0 bridgehead atoms. The lowest BCUT2D eigenvalue weighted by molar-refractivity contribution is 0.0737. The van der Waals surface area contributed by atoms with E-state index in [-0.39, 0.29) is 17.8 Å². The molecule has 6 rings (SSSR count). The number of benzene rings is 4. The summed E-state index contributed by atoms with van der Waals surface area (Å²) in [4.78, 5) is 19.1. The van der Waals surface area contributed by atoms with Crippen LogP contribution >= 0.6 is 15.9 Å². The molecule has 166 valence electrons. The summed E-state index contributed by atoms with van der Waals surface area (Å²) in [6, 6.07) is 30.3. The Morgan fingerprint density at radius 2 is 1.56 bits per heavy atom. The van der Waals surface area contributed by atoms with Gasteiger partial charge in [-0.05, 0) is 53.1 Å². The van der Waals surface area contributed by atoms with Crippen LogP contribution in [0.3, 0.4) is 0 Å². The number of hydrogen-bond acceptors (Lipinski definition) is 1. The molecule has 1 amide bonds. The number of carbonyl (C=O) groups is 1. The number of carbonyl (C=O) groups excluding carboxylic acids is 1. The first-order valence-electron chi connectivity index (χ1n) is 11.1. The molecule has 0 radical (unpaired) electrons. The lowest BCUT2D eigenvalue weighted by atomic mass is 9.93. The van der Waals surface area contributed by atoms with Gasteiger partial charge in [0.15, 0.2) is 0 Å². The number of aromatic nitrogens is 1. The molecule has 4 aromatic carbocycles. The Balaban J connectivity index is 1.58. The second-order valence-corrected chi connectivity index (χ2v) is 9.43. The molecule has 0 saturated heterocycles. The van der Waals surface area contributed by atoms with Crippen molar-refractivity contribution in [1.29, 1.82) is 0 Å². The molecular weight excluding hydrogens is 491 g/mol. The van der Waals surface area contributed by atoms with Gasteiger partial charge in [-0.1, -0.05) is 76.6 Å². The average molecular weight is 511 g/mol. The molecule has 0 saturated carbocycles. The van der Waals surface area contributed by atoms with Crippen molar-refractivity contribution in [2.24, 2.45) is 0 Å². The van der Waals surface area contributed by atoms with Crippen LogP contribution in [-0.4, -0.2) is 15.8 Å². The number of nitrogens with zero attached hydrogens (tertiary/aromatic N) is 1. The highest BCUT2D eigenvalue weighted by molar-refractivity contribution is 9.10. The normalized spacial score (nSPS) is 15.2. The summed E-state index contributed by atoms with van der Waals surface area (Å²) < 4.78 is 14.6. The number of halogens is 2. The van der Waals surface area contributed by atoms with Crippen molar-refractivity contribution < 1.29 is 9.18 Å². The summed E-state index contributed by atoms with van der Waals surface area (Å²) in [6.07, 6.45) is 0. The Labute approximate surface area is 205 Å². The second kappa shape index (κ2) is 8.26. The van der Waals surface area contributed by atoms with Crippen LogP contribution in [0.15, 0.2) is 102 Å². The molecule has 1 aliphatic rings. The molecule has 5 heteroatoms. The minimum atomic E-state index is -0.287. The van der Waals surface area contributed by atoms with E-state index in [0.29, 0.717) is 12.1 Å². The van der Waals surface area contributed by atoms with Gasteiger partial charge in [0.1, 0.15) is 5.82 Å². The molecule has 1 N–H and O–H groups in total. The Bertz CT molecular complexity index is 1520. The fraction of sp³-hybridized carbons (Fsp3) is 0.0690. The minimum absolute atomic E-state index is 0.0167. The molecule has 2 heterocycles. The molecule has 0 fully saturated rings. The van der Waals surface area contributed by atoms with Crippen molar-refractivity contribution in [1.82, 2.24) is 9.88 Å². The highest BCUT2D eigenvalue weighted by Gasteiger charge is 2.40. The zero-order valence-corrected chi connectivity index (χ0v) is 19.7. The number of para-hydroxylation sites is 1. The third kappa shape index (κ3) is 3.44. The van der Waals surface area contributed by atoms with Crippen LogP contribution in [0, 0.1) is 5.82 Å². The van der Waals surface area contributed by atoms with Gasteiger partial charge in [0.25, 0.3) is 5.91 Å². The smallest absolute Gasteiger partial charge is 0.255 e. The number of fused-ring (bicyclic) bond motifs is 2. The van der Waals surface area contributed by atoms with E-state index >= 15 is 0 Å². The van der Waals surface area contributed by atoms with Gasteiger partial charge in [-0.2, -0.15) is 0 Å². The molecule has 34 heavy (non-hydrogen) atoms. The molecule has 0 unspecified atom stereocenters. The van der Waals surface area contributed by atoms with E-state index in [2.05, 4.69) is 45.2 Å². The number of amides is 1. The fourth-order valence-corrected chi connectivity index (χ4v) is 5.19. The SMILES string of the molecule is O=C1c2ccccc2[C@H](c2c(-c3ccc(Br)cc3)[nH]c3ccccc23)N1Cc1ccc(F)cc1. The summed E-state index contributed by atoms with van der Waals surface area (Å²) in [6.45, 7) is 0.387. The predicted octanol–water partition coefficient (Wildman–Crippen LogP) is 7.48. The number of H-pyrrole nitrogens is 1. The maximum Gasteiger partial charge on any atom is 0.255 e. The quantitative estimate of drug-likeness (QED) is 0.267. The number of nitrogens with one attached hydrogen (secondary N) is 1. The first kappa shape index (κ1) is 20.9. The molecule has 3 nitrogen and oxygen atoms in total. The summed E-state index contributed by atoms with van der Waals surface area (Å²) in [7, 11) is 0. The summed E-state index contributed by atoms with van der Waals surface area (Å²) in [5, 5.41) is 1.08. The molecule has 0 aliphatic carbocycles. The predicted molar refractivity (Wildman–Crippen MR) is 136 cm³/mol. The minimum Gasteiger partial charge on any atom is -0.354 e. The molecule has 5 aromatic rings. The van der Waals surface area contributed by atoms with Crippen molar-refractivity contribution in [2.75, 3.05) is 0 Å². The topological polar surface area (TPSA) is 36.1 Å². The molecule has 1 aromatic heterocycles. The van der Waals surface area contributed by atoms with Gasteiger partial charge < -0.3 is 9.88 Å². The largest absolute Gasteiger partial charge is 0.354 e. The van der Waals surface area contributed by atoms with Crippen LogP contribution in [0.2, 0.25) is 0 Å². The number of aromatic amines is 1. The average Bonchev–Trinajstić information content (AvgIpc) is 3.36. The van der Waals surface area contributed by atoms with E-state index in [0.717, 1.165) is 43.3 Å². The second-order valence-electron chi connectivity index (χ2n) is 8.52. The van der Waals surface area contributed by atoms with Crippen LogP contribution in [0.1, 0.15) is 33.1 Å². The van der Waals surface area contributed by atoms with Crippen molar-refractivity contribution >= 4 is 32.7 Å². The van der Waals surface area contributed by atoms with Crippen LogP contribution in [0.4, 0.5) is 4.39 Å². The zero-order chi connectivity index (χ0) is 23.2. The Hall–Kier alpha value is -3.70. The van der Waals surface area contributed by atoms with Crippen molar-refractivity contribution in [3.8, 4) is 11.3 Å². The number of rotatable bonds is 4. The van der Waals surface area contributed by atoms with Gasteiger partial charge in [-0.15, -0.1) is 0 Å². The molecule has 1 aliphatic heterocycles. The Morgan fingerprint density at radius 1 is 0.853 bits per heavy atom. The van der Waals surface area contributed by atoms with E-state index in [1.165, 1.54) is 12.1 Å². The first-order chi connectivity index (χ1) is 16.6. The Morgan fingerprint density at radius 3 is 2.35 bits per heavy atom. The highest BCUT2D eigenvalue weighted by atomic mass is 79.9. The van der Waals surface area contributed by atoms with Crippen LogP contribution in [-0.2, 0) is 6.54 Å². The van der Waals surface area contributed by atoms with Gasteiger partial charge in [0, 0.05) is 33.0 Å². The molecule has 1 atom stereocenters. The van der Waals surface area contributed by atoms with Gasteiger partial charge in [0.2, 0.25) is 0 Å². The van der Waals surface area contributed by atoms with Crippen molar-refractivity contribution in [2.45, 2.75) is 12.6 Å². The van der Waals surface area contributed by atoms with Gasteiger partial charge in [0.05, 0.1) is 11.7 Å². The summed E-state index contributed by atoms with van der Waals surface area (Å²) in [5.41, 5.74) is 6.71. The van der Waals surface area contributed by atoms with E-state index in [9.17, 15) is 9.18 Å². The summed E-state index contributed by atoms with van der Waals surface area (Å²) >= 11 is 3.53. The van der Waals surface area contributed by atoms with E-state index in [1.807, 2.05) is 53.4 Å². The van der Waals surface area contributed by atoms with Crippen molar-refractivity contribution in [3.63, 3.8) is 0 Å². The standard InChI is InChI=1S/C29H20BrFN2O/c30-20-13-11-19(12-14-20)27-26(24-7-3-4-8-25(24)32-27)28-22-5-1-2-6-23(22)29(34)33(28)17-18-9-15-21(31)16-10-18/h1-16,28,32H,17H2/t28-/m1/s1. The van der Waals surface area contributed by atoms with Crippen molar-refractivity contribution in [3.05, 3.63) is 130 Å². The van der Waals surface area contributed by atoms with E-state index < -0.39 is 0 Å². The molecule has 0 spiro atoms. The molecular formula is C29H20BrFN2O. The summed E-state index contributed by atoms with van der Waals surface area (Å²) in [5.74, 6) is -0.303. The van der Waals surface area contributed by atoms with Gasteiger partial charge in [-0.25, -0.2) is 4.39 Å². The lowest BCUT2D eigenvalue weighted by Crippen LogP contribution is -2.28. The van der Waals surface area contributed by atoms with E-state index in [1.54, 1.807) is 12.1 Å². The fourth-order valence-electron chi connectivity index (χ4n) is 4.92.